The Hall–Kier alpha value is -1.61. The van der Waals surface area contributed by atoms with E-state index in [-0.39, 0.29) is 19.4 Å². The second-order valence-electron chi connectivity index (χ2n) is 15.9. The van der Waals surface area contributed by atoms with Gasteiger partial charge in [-0.25, -0.2) is 0 Å². The van der Waals surface area contributed by atoms with E-state index < -0.39 is 71.2 Å². The zero-order valence-electron chi connectivity index (χ0n) is 35.2. The molecular weight excluding hydrogens is 741 g/mol. The van der Waals surface area contributed by atoms with Crippen molar-refractivity contribution in [2.24, 2.45) is 0 Å². The Bertz CT molecular complexity index is 1130. The highest BCUT2D eigenvalue weighted by Gasteiger charge is 2.46. The zero-order valence-corrected chi connectivity index (χ0v) is 36.0. The highest BCUT2D eigenvalue weighted by molar-refractivity contribution is 7.85. The standard InChI is InChI=1S/C43H80O12S/c1-4-6-8-9-10-11-12-13-14-15-20-23-27-31-39(45)54-36(33-53-43-42(48)41(47)40(46)37(55-43)34-56(49,50)51)32-52-38(44)30-26-22-19-17-16-18-21-25-29-35(3)28-24-7-5-2/h29,36-37,40-43,46-48H,4-28,30-34H2,1-3H3,(H,49,50,51)/b35-29+/t36?,37-,40?,41+,42-,43+/m1/s1. The number of esters is 2. The molecule has 2 unspecified atom stereocenters. The maximum absolute atomic E-state index is 12.8. The van der Waals surface area contributed by atoms with Crippen molar-refractivity contribution in [3.05, 3.63) is 11.6 Å². The number of rotatable bonds is 36. The average Bonchev–Trinajstić information content (AvgIpc) is 3.15. The van der Waals surface area contributed by atoms with E-state index >= 15 is 0 Å². The van der Waals surface area contributed by atoms with Crippen molar-refractivity contribution in [2.75, 3.05) is 19.0 Å². The van der Waals surface area contributed by atoms with Crippen molar-refractivity contribution in [1.29, 1.82) is 0 Å². The van der Waals surface area contributed by atoms with Crippen LogP contribution in [0.5, 0.6) is 0 Å². The molecule has 0 saturated carbocycles. The van der Waals surface area contributed by atoms with Crippen LogP contribution < -0.4 is 0 Å². The van der Waals surface area contributed by atoms with Crippen molar-refractivity contribution in [3.63, 3.8) is 0 Å². The zero-order chi connectivity index (χ0) is 41.4. The second kappa shape index (κ2) is 33.2. The highest BCUT2D eigenvalue weighted by Crippen LogP contribution is 2.24. The Morgan fingerprint density at radius 1 is 0.625 bits per heavy atom. The Labute approximate surface area is 339 Å². The van der Waals surface area contributed by atoms with E-state index in [1.165, 1.54) is 108 Å². The number of unbranched alkanes of at least 4 members (excludes halogenated alkanes) is 21. The molecule has 0 amide bonds. The molecule has 1 aliphatic rings. The summed E-state index contributed by atoms with van der Waals surface area (Å²) in [5.74, 6) is -1.98. The Kier molecular flexibility index (Phi) is 31.1. The summed E-state index contributed by atoms with van der Waals surface area (Å²) in [5, 5.41) is 30.8. The molecule has 0 aromatic carbocycles. The van der Waals surface area contributed by atoms with Gasteiger partial charge in [0.2, 0.25) is 0 Å². The molecule has 4 N–H and O–H groups in total. The van der Waals surface area contributed by atoms with Crippen LogP contribution in [0.2, 0.25) is 0 Å². The molecule has 56 heavy (non-hydrogen) atoms. The van der Waals surface area contributed by atoms with Gasteiger partial charge in [-0.1, -0.05) is 147 Å². The first-order chi connectivity index (χ1) is 26.9. The second-order valence-corrected chi connectivity index (χ2v) is 17.4. The van der Waals surface area contributed by atoms with Gasteiger partial charge < -0.3 is 34.3 Å². The summed E-state index contributed by atoms with van der Waals surface area (Å²) in [4.78, 5) is 25.4. The van der Waals surface area contributed by atoms with E-state index in [1.54, 1.807) is 0 Å². The summed E-state index contributed by atoms with van der Waals surface area (Å²) >= 11 is 0. The molecule has 0 spiro atoms. The van der Waals surface area contributed by atoms with E-state index in [1.807, 2.05) is 0 Å². The van der Waals surface area contributed by atoms with Crippen LogP contribution in [0.1, 0.15) is 194 Å². The first kappa shape index (κ1) is 52.4. The number of carbonyl (C=O) groups is 2. The number of aliphatic hydroxyl groups is 3. The molecule has 0 aromatic heterocycles. The van der Waals surface area contributed by atoms with Crippen LogP contribution in [0.15, 0.2) is 11.6 Å². The average molecular weight is 821 g/mol. The number of aliphatic hydroxyl groups excluding tert-OH is 3. The van der Waals surface area contributed by atoms with Gasteiger partial charge in [-0.05, 0) is 45.4 Å². The maximum atomic E-state index is 12.8. The minimum Gasteiger partial charge on any atom is -0.462 e. The van der Waals surface area contributed by atoms with Gasteiger partial charge >= 0.3 is 11.9 Å². The first-order valence-electron chi connectivity index (χ1n) is 22.1. The highest BCUT2D eigenvalue weighted by atomic mass is 32.2. The molecule has 330 valence electrons. The van der Waals surface area contributed by atoms with Gasteiger partial charge in [-0.15, -0.1) is 0 Å². The van der Waals surface area contributed by atoms with Crippen molar-refractivity contribution in [1.82, 2.24) is 0 Å². The predicted molar refractivity (Wildman–Crippen MR) is 220 cm³/mol. The number of hydrogen-bond acceptors (Lipinski definition) is 11. The molecule has 1 saturated heterocycles. The monoisotopic (exact) mass is 821 g/mol. The molecule has 1 rings (SSSR count). The Morgan fingerprint density at radius 3 is 1.62 bits per heavy atom. The van der Waals surface area contributed by atoms with Gasteiger partial charge in [0.05, 0.1) is 6.61 Å². The van der Waals surface area contributed by atoms with Crippen LogP contribution in [-0.4, -0.2) is 96.0 Å². The molecule has 13 heteroatoms. The number of allylic oxidation sites excluding steroid dienone is 2. The summed E-state index contributed by atoms with van der Waals surface area (Å²) in [6.45, 7) is 5.97. The summed E-state index contributed by atoms with van der Waals surface area (Å²) in [6, 6.07) is 0. The SMILES string of the molecule is CCCCCCCCCCCCCCCC(=O)OC(COC(=O)CCCCCCCCC/C=C(\C)CCCCC)CO[C@H]1O[C@H](CS(=O)(=O)O)C(O)[C@H](O)[C@H]1O. The van der Waals surface area contributed by atoms with Gasteiger partial charge in [0, 0.05) is 12.8 Å². The fraction of sp³-hybridized carbons (Fsp3) is 0.907. The smallest absolute Gasteiger partial charge is 0.306 e. The molecule has 0 radical (unpaired) electrons. The third kappa shape index (κ3) is 27.9. The molecule has 1 aliphatic heterocycles. The largest absolute Gasteiger partial charge is 0.462 e. The molecular formula is C43H80O12S. The van der Waals surface area contributed by atoms with Crippen LogP contribution in [0, 0.1) is 0 Å². The van der Waals surface area contributed by atoms with Gasteiger partial charge in [0.15, 0.2) is 12.4 Å². The van der Waals surface area contributed by atoms with Crippen molar-refractivity contribution in [3.8, 4) is 0 Å². The van der Waals surface area contributed by atoms with E-state index in [0.717, 1.165) is 44.9 Å². The maximum Gasteiger partial charge on any atom is 0.306 e. The fourth-order valence-corrected chi connectivity index (χ4v) is 7.60. The third-order valence-corrected chi connectivity index (χ3v) is 11.2. The topological polar surface area (TPSA) is 186 Å². The van der Waals surface area contributed by atoms with Crippen LogP contribution >= 0.6 is 0 Å². The molecule has 0 aromatic rings. The lowest BCUT2D eigenvalue weighted by atomic mass is 10.00. The quantitative estimate of drug-likeness (QED) is 0.0204. The van der Waals surface area contributed by atoms with Crippen LogP contribution in [0.25, 0.3) is 0 Å². The number of hydrogen-bond donors (Lipinski definition) is 4. The summed E-state index contributed by atoms with van der Waals surface area (Å²) in [6.07, 6.45) is 21.8. The number of ether oxygens (including phenoxy) is 4. The summed E-state index contributed by atoms with van der Waals surface area (Å²) in [7, 11) is -4.60. The fourth-order valence-electron chi connectivity index (χ4n) is 6.91. The molecule has 0 bridgehead atoms. The lowest BCUT2D eigenvalue weighted by Crippen LogP contribution is -2.60. The van der Waals surface area contributed by atoms with Crippen molar-refractivity contribution in [2.45, 2.75) is 231 Å². The minimum absolute atomic E-state index is 0.168. The third-order valence-electron chi connectivity index (χ3n) is 10.5. The van der Waals surface area contributed by atoms with Gasteiger partial charge in [0.1, 0.15) is 36.8 Å². The molecule has 12 nitrogen and oxygen atoms in total. The molecule has 0 aliphatic carbocycles. The van der Waals surface area contributed by atoms with Gasteiger partial charge in [0.25, 0.3) is 10.1 Å². The summed E-state index contributed by atoms with van der Waals surface area (Å²) in [5.41, 5.74) is 1.50. The van der Waals surface area contributed by atoms with Gasteiger partial charge in [-0.3, -0.25) is 14.1 Å². The van der Waals surface area contributed by atoms with Crippen LogP contribution in [0.4, 0.5) is 0 Å². The van der Waals surface area contributed by atoms with E-state index in [2.05, 4.69) is 26.8 Å². The van der Waals surface area contributed by atoms with Crippen LogP contribution in [0.3, 0.4) is 0 Å². The Balaban J connectivity index is 2.48. The van der Waals surface area contributed by atoms with E-state index in [9.17, 15) is 37.9 Å². The first-order valence-corrected chi connectivity index (χ1v) is 23.8. The van der Waals surface area contributed by atoms with Crippen LogP contribution in [-0.2, 0) is 38.7 Å². The van der Waals surface area contributed by atoms with Crippen molar-refractivity contribution >= 4 is 22.1 Å². The predicted octanol–water partition coefficient (Wildman–Crippen LogP) is 8.67. The Morgan fingerprint density at radius 2 is 1.09 bits per heavy atom. The molecule has 1 heterocycles. The van der Waals surface area contributed by atoms with Crippen molar-refractivity contribution < 1.29 is 56.8 Å². The summed E-state index contributed by atoms with van der Waals surface area (Å²) < 4.78 is 54.0. The normalized spacial score (nSPS) is 20.9. The molecule has 1 fully saturated rings. The van der Waals surface area contributed by atoms with Gasteiger partial charge in [-0.2, -0.15) is 8.42 Å². The van der Waals surface area contributed by atoms with E-state index in [0.29, 0.717) is 12.8 Å². The number of carbonyl (C=O) groups excluding carboxylic acids is 2. The minimum atomic E-state index is -4.60. The lowest BCUT2D eigenvalue weighted by Gasteiger charge is -2.40. The lowest BCUT2D eigenvalue weighted by molar-refractivity contribution is -0.297. The molecule has 6 atom stereocenters. The van der Waals surface area contributed by atoms with E-state index in [4.69, 9.17) is 18.9 Å².